The Balaban J connectivity index is 1.49. The van der Waals surface area contributed by atoms with E-state index in [4.69, 9.17) is 4.74 Å². The summed E-state index contributed by atoms with van der Waals surface area (Å²) < 4.78 is 5.74. The van der Waals surface area contributed by atoms with Crippen molar-refractivity contribution < 1.29 is 14.3 Å². The predicted octanol–water partition coefficient (Wildman–Crippen LogP) is 5.50. The van der Waals surface area contributed by atoms with Crippen molar-refractivity contribution in [2.45, 2.75) is 19.5 Å². The standard InChI is InChI=1S/C31H30N2O3/c1-32(22-25-12-5-2-6-13-25)30(34)21-27-16-11-17-28(20-27)33(23-26-14-7-3-8-15-26)31(35)24-36-29-18-9-4-10-19-29/h2-20H,21-24H2,1H3. The van der Waals surface area contributed by atoms with Gasteiger partial charge in [-0.25, -0.2) is 0 Å². The highest BCUT2D eigenvalue weighted by molar-refractivity contribution is 5.94. The number of rotatable bonds is 10. The fourth-order valence-corrected chi connectivity index (χ4v) is 3.92. The fourth-order valence-electron chi connectivity index (χ4n) is 3.92. The van der Waals surface area contributed by atoms with Gasteiger partial charge in [0.2, 0.25) is 5.91 Å². The molecule has 5 nitrogen and oxygen atoms in total. The van der Waals surface area contributed by atoms with Crippen molar-refractivity contribution in [2.24, 2.45) is 0 Å². The molecule has 0 aromatic heterocycles. The molecule has 4 aromatic carbocycles. The largest absolute Gasteiger partial charge is 0.484 e. The molecule has 4 aromatic rings. The molecule has 0 bridgehead atoms. The van der Waals surface area contributed by atoms with Gasteiger partial charge in [-0.2, -0.15) is 0 Å². The topological polar surface area (TPSA) is 49.9 Å². The Hall–Kier alpha value is -4.38. The highest BCUT2D eigenvalue weighted by atomic mass is 16.5. The lowest BCUT2D eigenvalue weighted by atomic mass is 10.1. The third kappa shape index (κ3) is 7.06. The van der Waals surface area contributed by atoms with Gasteiger partial charge in [-0.05, 0) is 41.0 Å². The van der Waals surface area contributed by atoms with Crippen LogP contribution < -0.4 is 9.64 Å². The van der Waals surface area contributed by atoms with E-state index in [0.29, 0.717) is 18.8 Å². The molecule has 0 aliphatic carbocycles. The van der Waals surface area contributed by atoms with E-state index in [1.165, 1.54) is 0 Å². The quantitative estimate of drug-likeness (QED) is 0.302. The minimum absolute atomic E-state index is 0.0179. The van der Waals surface area contributed by atoms with Crippen LogP contribution in [0.3, 0.4) is 0 Å². The Labute approximate surface area is 212 Å². The minimum atomic E-state index is -0.160. The van der Waals surface area contributed by atoms with Crippen molar-refractivity contribution in [3.05, 3.63) is 132 Å². The molecule has 5 heteroatoms. The molecule has 0 atom stereocenters. The van der Waals surface area contributed by atoms with E-state index in [-0.39, 0.29) is 24.8 Å². The van der Waals surface area contributed by atoms with Gasteiger partial charge in [0.15, 0.2) is 6.61 Å². The van der Waals surface area contributed by atoms with E-state index in [2.05, 4.69) is 0 Å². The zero-order chi connectivity index (χ0) is 25.2. The van der Waals surface area contributed by atoms with Crippen LogP contribution in [-0.4, -0.2) is 30.4 Å². The average molecular weight is 479 g/mol. The first-order valence-electron chi connectivity index (χ1n) is 12.0. The first-order chi connectivity index (χ1) is 17.6. The number of ether oxygens (including phenoxy) is 1. The molecule has 0 aliphatic rings. The van der Waals surface area contributed by atoms with Gasteiger partial charge in [-0.15, -0.1) is 0 Å². The molecule has 0 spiro atoms. The molecule has 36 heavy (non-hydrogen) atoms. The van der Waals surface area contributed by atoms with Gasteiger partial charge in [0.25, 0.3) is 5.91 Å². The number of benzene rings is 4. The molecule has 0 unspecified atom stereocenters. The second-order valence-electron chi connectivity index (χ2n) is 8.65. The number of hydrogen-bond acceptors (Lipinski definition) is 3. The van der Waals surface area contributed by atoms with E-state index < -0.39 is 0 Å². The van der Waals surface area contributed by atoms with Crippen LogP contribution >= 0.6 is 0 Å². The van der Waals surface area contributed by atoms with Crippen molar-refractivity contribution in [2.75, 3.05) is 18.6 Å². The molecular formula is C31H30N2O3. The Bertz CT molecular complexity index is 1260. The highest BCUT2D eigenvalue weighted by Crippen LogP contribution is 2.21. The molecule has 0 saturated heterocycles. The Morgan fingerprint density at radius 1 is 0.639 bits per heavy atom. The summed E-state index contributed by atoms with van der Waals surface area (Å²) in [4.78, 5) is 29.6. The highest BCUT2D eigenvalue weighted by Gasteiger charge is 2.19. The fraction of sp³-hybridized carbons (Fsp3) is 0.161. The minimum Gasteiger partial charge on any atom is -0.484 e. The van der Waals surface area contributed by atoms with E-state index in [1.54, 1.807) is 9.80 Å². The molecule has 182 valence electrons. The number of carbonyl (C=O) groups is 2. The van der Waals surface area contributed by atoms with Crippen molar-refractivity contribution in [3.63, 3.8) is 0 Å². The predicted molar refractivity (Wildman–Crippen MR) is 143 cm³/mol. The van der Waals surface area contributed by atoms with Crippen LogP contribution in [0.25, 0.3) is 0 Å². The molecule has 0 heterocycles. The van der Waals surface area contributed by atoms with Crippen molar-refractivity contribution in [1.82, 2.24) is 4.90 Å². The van der Waals surface area contributed by atoms with Gasteiger partial charge >= 0.3 is 0 Å². The van der Waals surface area contributed by atoms with Gasteiger partial charge in [0.05, 0.1) is 13.0 Å². The summed E-state index contributed by atoms with van der Waals surface area (Å²) >= 11 is 0. The van der Waals surface area contributed by atoms with E-state index in [1.807, 2.05) is 122 Å². The summed E-state index contributed by atoms with van der Waals surface area (Å²) in [5.41, 5.74) is 3.68. The number of hydrogen-bond donors (Lipinski definition) is 0. The third-order valence-corrected chi connectivity index (χ3v) is 5.86. The van der Waals surface area contributed by atoms with Gasteiger partial charge in [-0.3, -0.25) is 9.59 Å². The van der Waals surface area contributed by atoms with E-state index >= 15 is 0 Å². The molecule has 2 amide bonds. The second-order valence-corrected chi connectivity index (χ2v) is 8.65. The maximum Gasteiger partial charge on any atom is 0.265 e. The second kappa shape index (κ2) is 12.4. The molecule has 0 radical (unpaired) electrons. The van der Waals surface area contributed by atoms with Crippen LogP contribution in [0.5, 0.6) is 5.75 Å². The number of amides is 2. The van der Waals surface area contributed by atoms with Gasteiger partial charge in [0, 0.05) is 19.3 Å². The summed E-state index contributed by atoms with van der Waals surface area (Å²) in [6, 6.07) is 36.7. The smallest absolute Gasteiger partial charge is 0.265 e. The molecule has 0 fully saturated rings. The SMILES string of the molecule is CN(Cc1ccccc1)C(=O)Cc1cccc(N(Cc2ccccc2)C(=O)COc2ccccc2)c1. The first kappa shape index (κ1) is 24.7. The maximum absolute atomic E-state index is 13.3. The summed E-state index contributed by atoms with van der Waals surface area (Å²) in [6.07, 6.45) is 0.255. The first-order valence-corrected chi connectivity index (χ1v) is 12.0. The molecule has 4 rings (SSSR count). The lowest BCUT2D eigenvalue weighted by molar-refractivity contribution is -0.129. The monoisotopic (exact) mass is 478 g/mol. The van der Waals surface area contributed by atoms with Crippen LogP contribution in [-0.2, 0) is 29.1 Å². The van der Waals surface area contributed by atoms with Gasteiger partial charge in [-0.1, -0.05) is 91.0 Å². The lowest BCUT2D eigenvalue weighted by Crippen LogP contribution is -2.34. The van der Waals surface area contributed by atoms with Crippen LogP contribution in [0.2, 0.25) is 0 Å². The normalized spacial score (nSPS) is 10.5. The summed E-state index contributed by atoms with van der Waals surface area (Å²) in [6.45, 7) is 0.873. The molecular weight excluding hydrogens is 448 g/mol. The number of nitrogens with zero attached hydrogens (tertiary/aromatic N) is 2. The Kier molecular flexibility index (Phi) is 8.49. The maximum atomic E-state index is 13.3. The van der Waals surface area contributed by atoms with E-state index in [0.717, 1.165) is 22.4 Å². The molecule has 0 saturated carbocycles. The Morgan fingerprint density at radius 2 is 1.19 bits per heavy atom. The molecule has 0 N–H and O–H groups in total. The number of likely N-dealkylation sites (N-methyl/N-ethyl adjacent to an activating group) is 1. The number of carbonyl (C=O) groups excluding carboxylic acids is 2. The Morgan fingerprint density at radius 3 is 1.83 bits per heavy atom. The van der Waals surface area contributed by atoms with Crippen LogP contribution in [0.4, 0.5) is 5.69 Å². The molecule has 0 aliphatic heterocycles. The number of anilines is 1. The van der Waals surface area contributed by atoms with Crippen LogP contribution in [0.15, 0.2) is 115 Å². The summed E-state index contributed by atoms with van der Waals surface area (Å²) in [5.74, 6) is 0.503. The average Bonchev–Trinajstić information content (AvgIpc) is 2.92. The van der Waals surface area contributed by atoms with Crippen molar-refractivity contribution in [1.29, 1.82) is 0 Å². The van der Waals surface area contributed by atoms with Gasteiger partial charge in [0.1, 0.15) is 5.75 Å². The summed E-state index contributed by atoms with van der Waals surface area (Å²) in [5, 5.41) is 0. The van der Waals surface area contributed by atoms with Crippen molar-refractivity contribution in [3.8, 4) is 5.75 Å². The lowest BCUT2D eigenvalue weighted by Gasteiger charge is -2.24. The van der Waals surface area contributed by atoms with Gasteiger partial charge < -0.3 is 14.5 Å². The zero-order valence-electron chi connectivity index (χ0n) is 20.4. The van der Waals surface area contributed by atoms with Crippen LogP contribution in [0.1, 0.15) is 16.7 Å². The third-order valence-electron chi connectivity index (χ3n) is 5.86. The van der Waals surface area contributed by atoms with Crippen molar-refractivity contribution >= 4 is 17.5 Å². The zero-order valence-corrected chi connectivity index (χ0v) is 20.4. The summed E-state index contributed by atoms with van der Waals surface area (Å²) in [7, 11) is 1.81. The van der Waals surface area contributed by atoms with Crippen LogP contribution in [0, 0.1) is 0 Å². The van der Waals surface area contributed by atoms with E-state index in [9.17, 15) is 9.59 Å². The number of para-hydroxylation sites is 1.